The molecule has 0 bridgehead atoms. The molecule has 0 aromatic carbocycles. The summed E-state index contributed by atoms with van der Waals surface area (Å²) in [5, 5.41) is 8.65. The van der Waals surface area contributed by atoms with E-state index in [0.717, 1.165) is 25.7 Å². The van der Waals surface area contributed by atoms with Gasteiger partial charge in [-0.2, -0.15) is 4.31 Å². The van der Waals surface area contributed by atoms with Crippen molar-refractivity contribution in [3.63, 3.8) is 0 Å². The Bertz CT molecular complexity index is 414. The Labute approximate surface area is 115 Å². The van der Waals surface area contributed by atoms with Gasteiger partial charge in [-0.1, -0.05) is 19.3 Å². The summed E-state index contributed by atoms with van der Waals surface area (Å²) in [5.74, 6) is -0.821. The van der Waals surface area contributed by atoms with Crippen LogP contribution in [0.25, 0.3) is 0 Å². The summed E-state index contributed by atoms with van der Waals surface area (Å²) < 4.78 is 26.1. The van der Waals surface area contributed by atoms with E-state index in [9.17, 15) is 13.2 Å². The molecule has 1 atom stereocenters. The Hall–Kier alpha value is -0.620. The predicted molar refractivity (Wildman–Crippen MR) is 72.3 cm³/mol. The molecule has 0 aromatic heterocycles. The first-order chi connectivity index (χ1) is 9.00. The average Bonchev–Trinajstić information content (AvgIpc) is 2.87. The second-order valence-electron chi connectivity index (χ2n) is 5.68. The zero-order valence-electron chi connectivity index (χ0n) is 11.3. The van der Waals surface area contributed by atoms with Crippen LogP contribution < -0.4 is 0 Å². The first kappa shape index (κ1) is 14.8. The van der Waals surface area contributed by atoms with Gasteiger partial charge in [-0.3, -0.25) is 4.79 Å². The van der Waals surface area contributed by atoms with E-state index < -0.39 is 16.0 Å². The van der Waals surface area contributed by atoms with E-state index in [4.69, 9.17) is 5.11 Å². The third-order valence-corrected chi connectivity index (χ3v) is 6.26. The molecule has 1 unspecified atom stereocenters. The van der Waals surface area contributed by atoms with Crippen LogP contribution in [0, 0.1) is 5.92 Å². The van der Waals surface area contributed by atoms with Crippen LogP contribution in [0.3, 0.4) is 0 Å². The van der Waals surface area contributed by atoms with Gasteiger partial charge in [0.25, 0.3) is 0 Å². The van der Waals surface area contributed by atoms with Gasteiger partial charge >= 0.3 is 5.97 Å². The molecule has 0 amide bonds. The van der Waals surface area contributed by atoms with Gasteiger partial charge in [0.05, 0.1) is 12.2 Å². The fourth-order valence-electron chi connectivity index (χ4n) is 3.43. The maximum absolute atomic E-state index is 12.3. The van der Waals surface area contributed by atoms with E-state index in [1.54, 1.807) is 4.31 Å². The summed E-state index contributed by atoms with van der Waals surface area (Å²) in [6.07, 6.45) is 7.45. The van der Waals surface area contributed by atoms with Crippen LogP contribution >= 0.6 is 0 Å². The maximum atomic E-state index is 12.3. The van der Waals surface area contributed by atoms with Crippen molar-refractivity contribution in [2.45, 2.75) is 57.4 Å². The number of hydrogen-bond acceptors (Lipinski definition) is 3. The molecule has 6 heteroatoms. The van der Waals surface area contributed by atoms with Crippen molar-refractivity contribution in [3.05, 3.63) is 0 Å². The van der Waals surface area contributed by atoms with Crippen molar-refractivity contribution in [1.29, 1.82) is 0 Å². The lowest BCUT2D eigenvalue weighted by Gasteiger charge is -2.33. The molecule has 2 aliphatic rings. The van der Waals surface area contributed by atoms with E-state index >= 15 is 0 Å². The largest absolute Gasteiger partial charge is 0.481 e. The van der Waals surface area contributed by atoms with Gasteiger partial charge in [0.2, 0.25) is 10.0 Å². The standard InChI is InChI=1S/C13H23NO4S/c15-13(16)8-10-19(17,18)14-9-4-7-12(14)11-5-2-1-3-6-11/h11-12H,1-10H2,(H,15,16). The Morgan fingerprint density at radius 2 is 1.79 bits per heavy atom. The smallest absolute Gasteiger partial charge is 0.304 e. The summed E-state index contributed by atoms with van der Waals surface area (Å²) in [5.41, 5.74) is 0. The van der Waals surface area contributed by atoms with Crippen LogP contribution in [0.5, 0.6) is 0 Å². The highest BCUT2D eigenvalue weighted by molar-refractivity contribution is 7.89. The highest BCUT2D eigenvalue weighted by atomic mass is 32.2. The SMILES string of the molecule is O=C(O)CCS(=O)(=O)N1CCCC1C1CCCCC1. The van der Waals surface area contributed by atoms with Crippen molar-refractivity contribution in [3.8, 4) is 0 Å². The molecule has 0 radical (unpaired) electrons. The van der Waals surface area contributed by atoms with E-state index in [2.05, 4.69) is 0 Å². The quantitative estimate of drug-likeness (QED) is 0.838. The normalized spacial score (nSPS) is 26.6. The van der Waals surface area contributed by atoms with E-state index in [1.165, 1.54) is 19.3 Å². The molecule has 1 saturated carbocycles. The summed E-state index contributed by atoms with van der Waals surface area (Å²) in [6, 6.07) is 0.124. The van der Waals surface area contributed by atoms with Gasteiger partial charge in [-0.25, -0.2) is 8.42 Å². The second kappa shape index (κ2) is 6.22. The van der Waals surface area contributed by atoms with Gasteiger partial charge < -0.3 is 5.11 Å². The molecule has 2 rings (SSSR count). The van der Waals surface area contributed by atoms with Gasteiger partial charge in [0.15, 0.2) is 0 Å². The fourth-order valence-corrected chi connectivity index (χ4v) is 5.20. The summed E-state index contributed by atoms with van der Waals surface area (Å²) >= 11 is 0. The first-order valence-corrected chi connectivity index (χ1v) is 8.83. The number of aliphatic carboxylic acids is 1. The molecule has 19 heavy (non-hydrogen) atoms. The van der Waals surface area contributed by atoms with Gasteiger partial charge in [-0.05, 0) is 31.6 Å². The molecule has 1 heterocycles. The van der Waals surface area contributed by atoms with Crippen molar-refractivity contribution in [2.75, 3.05) is 12.3 Å². The minimum Gasteiger partial charge on any atom is -0.481 e. The number of nitrogens with zero attached hydrogens (tertiary/aromatic N) is 1. The summed E-state index contributed by atoms with van der Waals surface area (Å²) in [7, 11) is -3.40. The fraction of sp³-hybridized carbons (Fsp3) is 0.923. The van der Waals surface area contributed by atoms with Gasteiger partial charge in [-0.15, -0.1) is 0 Å². The Kier molecular flexibility index (Phi) is 4.84. The molecular weight excluding hydrogens is 266 g/mol. The average molecular weight is 289 g/mol. The molecule has 1 saturated heterocycles. The molecule has 1 aliphatic heterocycles. The number of sulfonamides is 1. The van der Waals surface area contributed by atoms with E-state index in [0.29, 0.717) is 12.5 Å². The van der Waals surface area contributed by atoms with Crippen molar-refractivity contribution < 1.29 is 18.3 Å². The lowest BCUT2D eigenvalue weighted by molar-refractivity contribution is -0.136. The Morgan fingerprint density at radius 3 is 2.42 bits per heavy atom. The number of rotatable bonds is 5. The van der Waals surface area contributed by atoms with Gasteiger partial charge in [0.1, 0.15) is 0 Å². The van der Waals surface area contributed by atoms with Crippen LogP contribution in [0.4, 0.5) is 0 Å². The highest BCUT2D eigenvalue weighted by Gasteiger charge is 2.38. The highest BCUT2D eigenvalue weighted by Crippen LogP contribution is 2.35. The van der Waals surface area contributed by atoms with Crippen molar-refractivity contribution in [1.82, 2.24) is 4.31 Å². The molecular formula is C13H23NO4S. The minimum absolute atomic E-state index is 0.124. The predicted octanol–water partition coefficient (Wildman–Crippen LogP) is 1.84. The summed E-state index contributed by atoms with van der Waals surface area (Å²) in [6.45, 7) is 0.573. The molecule has 1 N–H and O–H groups in total. The number of carboxylic acid groups (broad SMARTS) is 1. The lowest BCUT2D eigenvalue weighted by Crippen LogP contribution is -2.42. The van der Waals surface area contributed by atoms with E-state index in [-0.39, 0.29) is 18.2 Å². The zero-order chi connectivity index (χ0) is 13.9. The molecule has 110 valence electrons. The minimum atomic E-state index is -3.40. The topological polar surface area (TPSA) is 74.7 Å². The summed E-state index contributed by atoms with van der Waals surface area (Å²) in [4.78, 5) is 10.6. The van der Waals surface area contributed by atoms with Crippen LogP contribution in [-0.4, -0.2) is 42.1 Å². The third-order valence-electron chi connectivity index (χ3n) is 4.37. The number of carboxylic acids is 1. The molecule has 1 aliphatic carbocycles. The van der Waals surface area contributed by atoms with Crippen molar-refractivity contribution in [2.24, 2.45) is 5.92 Å². The van der Waals surface area contributed by atoms with E-state index in [1.807, 2.05) is 0 Å². The zero-order valence-corrected chi connectivity index (χ0v) is 12.1. The molecule has 0 aromatic rings. The lowest BCUT2D eigenvalue weighted by atomic mass is 9.83. The Morgan fingerprint density at radius 1 is 1.11 bits per heavy atom. The van der Waals surface area contributed by atoms with Crippen LogP contribution in [-0.2, 0) is 14.8 Å². The number of carbonyl (C=O) groups is 1. The van der Waals surface area contributed by atoms with Crippen LogP contribution in [0.15, 0.2) is 0 Å². The van der Waals surface area contributed by atoms with Crippen LogP contribution in [0.1, 0.15) is 51.4 Å². The third kappa shape index (κ3) is 3.69. The molecule has 5 nitrogen and oxygen atoms in total. The Balaban J connectivity index is 2.02. The first-order valence-electron chi connectivity index (χ1n) is 7.22. The van der Waals surface area contributed by atoms with Gasteiger partial charge in [0, 0.05) is 12.6 Å². The number of hydrogen-bond donors (Lipinski definition) is 1. The van der Waals surface area contributed by atoms with Crippen molar-refractivity contribution >= 4 is 16.0 Å². The van der Waals surface area contributed by atoms with Crippen LogP contribution in [0.2, 0.25) is 0 Å². The monoisotopic (exact) mass is 289 g/mol. The second-order valence-corrected chi connectivity index (χ2v) is 7.72. The maximum Gasteiger partial charge on any atom is 0.304 e. The molecule has 0 spiro atoms. The molecule has 2 fully saturated rings.